The predicted molar refractivity (Wildman–Crippen MR) is 51.5 cm³/mol. The van der Waals surface area contributed by atoms with Crippen molar-refractivity contribution in [2.45, 2.75) is 0 Å². The van der Waals surface area contributed by atoms with Gasteiger partial charge in [0.25, 0.3) is 0 Å². The van der Waals surface area contributed by atoms with Crippen molar-refractivity contribution in [3.8, 4) is 5.75 Å². The van der Waals surface area contributed by atoms with Crippen LogP contribution < -0.4 is 4.74 Å². The third-order valence-electron chi connectivity index (χ3n) is 1.97. The predicted octanol–water partition coefficient (Wildman–Crippen LogP) is 1.45. The van der Waals surface area contributed by atoms with Gasteiger partial charge in [0.1, 0.15) is 11.3 Å². The molecule has 0 spiro atoms. The summed E-state index contributed by atoms with van der Waals surface area (Å²) < 4.78 is 5.01. The summed E-state index contributed by atoms with van der Waals surface area (Å²) in [6.07, 6.45) is 3.88. The Kier molecular flexibility index (Phi) is 2.10. The molecule has 0 aromatic carbocycles. The summed E-state index contributed by atoms with van der Waals surface area (Å²) >= 11 is 0. The van der Waals surface area contributed by atoms with E-state index in [1.807, 2.05) is 0 Å². The minimum Gasteiger partial charge on any atom is -0.494 e. The van der Waals surface area contributed by atoms with Crippen molar-refractivity contribution < 1.29 is 9.53 Å². The van der Waals surface area contributed by atoms with Gasteiger partial charge in [0, 0.05) is 6.20 Å². The molecule has 0 bridgehead atoms. The fraction of sp³-hybridized carbons (Fsp3) is 0.100. The lowest BCUT2D eigenvalue weighted by atomic mass is 10.2. The van der Waals surface area contributed by atoms with E-state index in [-0.39, 0.29) is 0 Å². The highest BCUT2D eigenvalue weighted by Gasteiger charge is 2.08. The highest BCUT2D eigenvalue weighted by atomic mass is 16.5. The van der Waals surface area contributed by atoms with Crippen molar-refractivity contribution in [3.63, 3.8) is 0 Å². The number of aromatic nitrogens is 2. The van der Waals surface area contributed by atoms with Gasteiger partial charge in [-0.3, -0.25) is 14.8 Å². The molecular formula is C10H8N2O2. The van der Waals surface area contributed by atoms with Gasteiger partial charge in [-0.2, -0.15) is 0 Å². The minimum absolute atomic E-state index is 0.443. The van der Waals surface area contributed by atoms with Gasteiger partial charge >= 0.3 is 0 Å². The molecule has 0 unspecified atom stereocenters. The SMILES string of the molecule is COc1cnc2cccnc2c1C=O. The lowest BCUT2D eigenvalue weighted by molar-refractivity contribution is 0.112. The number of hydrogen-bond donors (Lipinski definition) is 0. The third-order valence-corrected chi connectivity index (χ3v) is 1.97. The van der Waals surface area contributed by atoms with Gasteiger partial charge in [-0.25, -0.2) is 0 Å². The quantitative estimate of drug-likeness (QED) is 0.669. The van der Waals surface area contributed by atoms with Crippen LogP contribution >= 0.6 is 0 Å². The number of fused-ring (bicyclic) bond motifs is 1. The number of ether oxygens (including phenoxy) is 1. The van der Waals surface area contributed by atoms with Crippen molar-refractivity contribution >= 4 is 17.3 Å². The van der Waals surface area contributed by atoms with E-state index in [0.717, 1.165) is 6.29 Å². The summed E-state index contributed by atoms with van der Waals surface area (Å²) in [6, 6.07) is 3.57. The zero-order chi connectivity index (χ0) is 9.97. The molecule has 0 aliphatic carbocycles. The Labute approximate surface area is 80.6 Å². The Bertz CT molecular complexity index is 483. The molecular weight excluding hydrogens is 180 g/mol. The molecule has 4 heteroatoms. The molecule has 2 heterocycles. The molecule has 2 aromatic heterocycles. The summed E-state index contributed by atoms with van der Waals surface area (Å²) in [6.45, 7) is 0. The Morgan fingerprint density at radius 3 is 3.00 bits per heavy atom. The average molecular weight is 188 g/mol. The molecule has 0 amide bonds. The first-order valence-corrected chi connectivity index (χ1v) is 4.09. The number of methoxy groups -OCH3 is 1. The van der Waals surface area contributed by atoms with Crippen LogP contribution in [0.4, 0.5) is 0 Å². The molecule has 0 atom stereocenters. The second-order valence-corrected chi connectivity index (χ2v) is 2.73. The Hall–Kier alpha value is -1.97. The van der Waals surface area contributed by atoms with Crippen LogP contribution in [0.25, 0.3) is 11.0 Å². The van der Waals surface area contributed by atoms with Gasteiger partial charge in [0.05, 0.1) is 24.4 Å². The van der Waals surface area contributed by atoms with Crippen molar-refractivity contribution in [2.24, 2.45) is 0 Å². The lowest BCUT2D eigenvalue weighted by Gasteiger charge is -2.04. The maximum Gasteiger partial charge on any atom is 0.156 e. The summed E-state index contributed by atoms with van der Waals surface area (Å²) in [5.41, 5.74) is 1.70. The standard InChI is InChI=1S/C10H8N2O2/c1-14-9-5-12-8-3-2-4-11-10(8)7(9)6-13/h2-6H,1H3. The molecule has 2 aromatic rings. The van der Waals surface area contributed by atoms with E-state index < -0.39 is 0 Å². The largest absolute Gasteiger partial charge is 0.494 e. The number of nitrogens with zero attached hydrogens (tertiary/aromatic N) is 2. The van der Waals surface area contributed by atoms with Crippen LogP contribution in [0.15, 0.2) is 24.5 Å². The second-order valence-electron chi connectivity index (χ2n) is 2.73. The Morgan fingerprint density at radius 1 is 1.43 bits per heavy atom. The summed E-state index contributed by atoms with van der Waals surface area (Å²) in [5, 5.41) is 0. The van der Waals surface area contributed by atoms with Crippen molar-refractivity contribution in [3.05, 3.63) is 30.1 Å². The van der Waals surface area contributed by atoms with Crippen LogP contribution in [0.1, 0.15) is 10.4 Å². The molecule has 0 aliphatic rings. The fourth-order valence-electron chi connectivity index (χ4n) is 1.30. The number of carbonyl (C=O) groups excluding carboxylic acids is 1. The first kappa shape index (κ1) is 8.62. The van der Waals surface area contributed by atoms with Gasteiger partial charge in [-0.15, -0.1) is 0 Å². The number of rotatable bonds is 2. The zero-order valence-corrected chi connectivity index (χ0v) is 7.60. The van der Waals surface area contributed by atoms with Crippen molar-refractivity contribution in [2.75, 3.05) is 7.11 Å². The zero-order valence-electron chi connectivity index (χ0n) is 7.60. The lowest BCUT2D eigenvalue weighted by Crippen LogP contribution is -1.95. The van der Waals surface area contributed by atoms with Crippen LogP contribution in [0, 0.1) is 0 Å². The Balaban J connectivity index is 2.83. The molecule has 14 heavy (non-hydrogen) atoms. The normalized spacial score (nSPS) is 10.1. The number of pyridine rings is 2. The average Bonchev–Trinajstić information content (AvgIpc) is 2.27. The topological polar surface area (TPSA) is 52.1 Å². The molecule has 70 valence electrons. The van der Waals surface area contributed by atoms with Gasteiger partial charge in [0.15, 0.2) is 6.29 Å². The smallest absolute Gasteiger partial charge is 0.156 e. The highest BCUT2D eigenvalue weighted by Crippen LogP contribution is 2.21. The van der Waals surface area contributed by atoms with E-state index in [1.165, 1.54) is 13.3 Å². The molecule has 0 fully saturated rings. The van der Waals surface area contributed by atoms with Crippen molar-refractivity contribution in [1.29, 1.82) is 0 Å². The fourth-order valence-corrected chi connectivity index (χ4v) is 1.30. The first-order chi connectivity index (χ1) is 6.86. The second kappa shape index (κ2) is 3.41. The van der Waals surface area contributed by atoms with Crippen LogP contribution in [0.2, 0.25) is 0 Å². The van der Waals surface area contributed by atoms with E-state index >= 15 is 0 Å². The van der Waals surface area contributed by atoms with Gasteiger partial charge in [-0.05, 0) is 12.1 Å². The molecule has 2 rings (SSSR count). The molecule has 0 N–H and O–H groups in total. The van der Waals surface area contributed by atoms with Crippen LogP contribution in [-0.4, -0.2) is 23.4 Å². The maximum absolute atomic E-state index is 10.9. The summed E-state index contributed by atoms with van der Waals surface area (Å²) in [5.74, 6) is 0.450. The van der Waals surface area contributed by atoms with Crippen LogP contribution in [0.3, 0.4) is 0 Å². The van der Waals surface area contributed by atoms with Crippen LogP contribution in [-0.2, 0) is 0 Å². The minimum atomic E-state index is 0.443. The third kappa shape index (κ3) is 1.21. The molecule has 0 saturated carbocycles. The van der Waals surface area contributed by atoms with E-state index in [1.54, 1.807) is 18.3 Å². The number of hydrogen-bond acceptors (Lipinski definition) is 4. The van der Waals surface area contributed by atoms with Gasteiger partial charge in [-0.1, -0.05) is 0 Å². The highest BCUT2D eigenvalue weighted by molar-refractivity contribution is 5.96. The van der Waals surface area contributed by atoms with E-state index in [0.29, 0.717) is 22.3 Å². The van der Waals surface area contributed by atoms with Crippen molar-refractivity contribution in [1.82, 2.24) is 9.97 Å². The molecule has 4 nitrogen and oxygen atoms in total. The first-order valence-electron chi connectivity index (χ1n) is 4.09. The van der Waals surface area contributed by atoms with Gasteiger partial charge in [0.2, 0.25) is 0 Å². The van der Waals surface area contributed by atoms with E-state index in [2.05, 4.69) is 9.97 Å². The monoisotopic (exact) mass is 188 g/mol. The van der Waals surface area contributed by atoms with Crippen LogP contribution in [0.5, 0.6) is 5.75 Å². The number of aldehydes is 1. The van der Waals surface area contributed by atoms with Gasteiger partial charge < -0.3 is 4.74 Å². The maximum atomic E-state index is 10.9. The van der Waals surface area contributed by atoms with E-state index in [9.17, 15) is 4.79 Å². The summed E-state index contributed by atoms with van der Waals surface area (Å²) in [4.78, 5) is 19.1. The molecule has 0 saturated heterocycles. The summed E-state index contributed by atoms with van der Waals surface area (Å²) in [7, 11) is 1.50. The Morgan fingerprint density at radius 2 is 2.29 bits per heavy atom. The molecule has 0 radical (unpaired) electrons. The molecule has 0 aliphatic heterocycles. The number of carbonyl (C=O) groups is 1. The van der Waals surface area contributed by atoms with E-state index in [4.69, 9.17) is 4.74 Å².